The van der Waals surface area contributed by atoms with E-state index in [0.29, 0.717) is 17.7 Å². The molecule has 1 aliphatic rings. The van der Waals surface area contributed by atoms with Crippen molar-refractivity contribution in [1.29, 1.82) is 0 Å². The first kappa shape index (κ1) is 15.5. The van der Waals surface area contributed by atoms with Crippen LogP contribution in [0.5, 0.6) is 5.75 Å². The molecule has 2 aromatic rings. The Morgan fingerprint density at radius 1 is 1.39 bits per heavy atom. The monoisotopic (exact) mass is 335 g/mol. The normalized spacial score (nSPS) is 19.6. The van der Waals surface area contributed by atoms with Crippen molar-refractivity contribution in [3.63, 3.8) is 0 Å². The van der Waals surface area contributed by atoms with Crippen molar-refractivity contribution in [2.75, 3.05) is 11.5 Å². The number of phenolic OH excluding ortho intramolecular Hbond substituents is 1. The van der Waals surface area contributed by atoms with Gasteiger partial charge in [-0.25, -0.2) is 8.42 Å². The number of rotatable bonds is 3. The molecule has 1 aliphatic heterocycles. The van der Waals surface area contributed by atoms with E-state index >= 15 is 0 Å². The predicted molar refractivity (Wildman–Crippen MR) is 85.0 cm³/mol. The van der Waals surface area contributed by atoms with Gasteiger partial charge in [0.2, 0.25) is 0 Å². The Hall–Kier alpha value is -2.35. The molecule has 0 spiro atoms. The van der Waals surface area contributed by atoms with E-state index in [1.807, 2.05) is 13.0 Å². The lowest BCUT2D eigenvalue weighted by Gasteiger charge is -2.08. The lowest BCUT2D eigenvalue weighted by atomic mass is 10.1. The van der Waals surface area contributed by atoms with Crippen LogP contribution in [0.15, 0.2) is 24.3 Å². The minimum absolute atomic E-state index is 0.0293. The van der Waals surface area contributed by atoms with Crippen LogP contribution in [0.4, 0.5) is 0 Å². The van der Waals surface area contributed by atoms with E-state index in [1.165, 1.54) is 6.07 Å². The summed E-state index contributed by atoms with van der Waals surface area (Å²) in [5.74, 6) is -0.246. The second-order valence-electron chi connectivity index (χ2n) is 5.76. The fourth-order valence-electron chi connectivity index (χ4n) is 2.61. The maximum atomic E-state index is 12.2. The Labute approximate surface area is 133 Å². The molecule has 1 atom stereocenters. The zero-order valence-corrected chi connectivity index (χ0v) is 13.4. The number of benzene rings is 1. The van der Waals surface area contributed by atoms with E-state index < -0.39 is 15.7 Å². The van der Waals surface area contributed by atoms with Crippen LogP contribution in [-0.2, 0) is 9.84 Å². The molecule has 0 saturated carbocycles. The van der Waals surface area contributed by atoms with Gasteiger partial charge in [-0.2, -0.15) is 5.10 Å². The first-order valence-corrected chi connectivity index (χ1v) is 9.03. The summed E-state index contributed by atoms with van der Waals surface area (Å²) in [6.45, 7) is 1.86. The van der Waals surface area contributed by atoms with Gasteiger partial charge in [0.1, 0.15) is 11.4 Å². The van der Waals surface area contributed by atoms with Gasteiger partial charge in [-0.3, -0.25) is 9.89 Å². The van der Waals surface area contributed by atoms with E-state index in [0.717, 1.165) is 5.56 Å². The summed E-state index contributed by atoms with van der Waals surface area (Å²) in [5.41, 5.74) is 2.12. The lowest BCUT2D eigenvalue weighted by Crippen LogP contribution is -2.35. The quantitative estimate of drug-likeness (QED) is 0.775. The standard InChI is InChI=1S/C15H17N3O4S/c1-9-2-3-11(14(19)6-9)12-7-13(18-17-12)15(20)16-10-4-5-23(21,22)8-10/h2-3,6-7,10,19H,4-5,8H2,1H3,(H,16,20)(H,17,18). The number of aromatic nitrogens is 2. The number of carbonyl (C=O) groups excluding carboxylic acids is 1. The first-order valence-electron chi connectivity index (χ1n) is 7.21. The van der Waals surface area contributed by atoms with Crippen LogP contribution in [-0.4, -0.2) is 47.2 Å². The van der Waals surface area contributed by atoms with Gasteiger partial charge in [-0.05, 0) is 37.1 Å². The van der Waals surface area contributed by atoms with Gasteiger partial charge in [0.25, 0.3) is 5.91 Å². The van der Waals surface area contributed by atoms with Crippen molar-refractivity contribution in [3.05, 3.63) is 35.5 Å². The molecule has 3 rings (SSSR count). The molecule has 7 nitrogen and oxygen atoms in total. The smallest absolute Gasteiger partial charge is 0.269 e. The molecule has 1 saturated heterocycles. The van der Waals surface area contributed by atoms with Gasteiger partial charge >= 0.3 is 0 Å². The maximum Gasteiger partial charge on any atom is 0.269 e. The zero-order chi connectivity index (χ0) is 16.6. The third-order valence-electron chi connectivity index (χ3n) is 3.82. The number of aromatic amines is 1. The number of hydrogen-bond donors (Lipinski definition) is 3. The number of nitrogens with zero attached hydrogens (tertiary/aromatic N) is 1. The van der Waals surface area contributed by atoms with Gasteiger partial charge < -0.3 is 10.4 Å². The molecule has 23 heavy (non-hydrogen) atoms. The number of nitrogens with one attached hydrogen (secondary N) is 2. The Bertz CT molecular complexity index is 857. The molecular weight excluding hydrogens is 318 g/mol. The maximum absolute atomic E-state index is 12.2. The zero-order valence-electron chi connectivity index (χ0n) is 12.5. The second kappa shape index (κ2) is 5.69. The Morgan fingerprint density at radius 3 is 2.83 bits per heavy atom. The van der Waals surface area contributed by atoms with Crippen LogP contribution in [0.25, 0.3) is 11.3 Å². The van der Waals surface area contributed by atoms with Gasteiger partial charge in [0.05, 0.1) is 17.2 Å². The average molecular weight is 335 g/mol. The van der Waals surface area contributed by atoms with E-state index in [2.05, 4.69) is 15.5 Å². The van der Waals surface area contributed by atoms with Crippen LogP contribution in [0.3, 0.4) is 0 Å². The van der Waals surface area contributed by atoms with Crippen molar-refractivity contribution in [1.82, 2.24) is 15.5 Å². The number of hydrogen-bond acceptors (Lipinski definition) is 5. The van der Waals surface area contributed by atoms with Gasteiger partial charge in [-0.1, -0.05) is 6.07 Å². The highest BCUT2D eigenvalue weighted by Crippen LogP contribution is 2.28. The topological polar surface area (TPSA) is 112 Å². The summed E-state index contributed by atoms with van der Waals surface area (Å²) in [6.07, 6.45) is 0.424. The van der Waals surface area contributed by atoms with Crippen molar-refractivity contribution in [2.24, 2.45) is 0 Å². The van der Waals surface area contributed by atoms with E-state index in [4.69, 9.17) is 0 Å². The average Bonchev–Trinajstić information content (AvgIpc) is 3.06. The molecule has 1 aromatic carbocycles. The Balaban J connectivity index is 1.75. The summed E-state index contributed by atoms with van der Waals surface area (Å²) >= 11 is 0. The number of phenols is 1. The fourth-order valence-corrected chi connectivity index (χ4v) is 4.28. The molecule has 0 radical (unpaired) electrons. The first-order chi connectivity index (χ1) is 10.8. The highest BCUT2D eigenvalue weighted by molar-refractivity contribution is 7.91. The number of aromatic hydroxyl groups is 1. The molecule has 1 unspecified atom stereocenters. The molecule has 0 aliphatic carbocycles. The summed E-state index contributed by atoms with van der Waals surface area (Å²) in [5, 5.41) is 19.3. The SMILES string of the molecule is Cc1ccc(-c2cc(C(=O)NC3CCS(=O)(=O)C3)[nH]n2)c(O)c1. The molecule has 1 amide bonds. The number of aryl methyl sites for hydroxylation is 1. The fraction of sp³-hybridized carbons (Fsp3) is 0.333. The highest BCUT2D eigenvalue weighted by Gasteiger charge is 2.29. The Kier molecular flexibility index (Phi) is 3.85. The third kappa shape index (κ3) is 3.37. The van der Waals surface area contributed by atoms with Crippen molar-refractivity contribution >= 4 is 15.7 Å². The number of carbonyl (C=O) groups is 1. The highest BCUT2D eigenvalue weighted by atomic mass is 32.2. The van der Waals surface area contributed by atoms with Gasteiger partial charge in [0, 0.05) is 11.6 Å². The van der Waals surface area contributed by atoms with Crippen molar-refractivity contribution in [2.45, 2.75) is 19.4 Å². The molecule has 1 fully saturated rings. The predicted octanol–water partition coefficient (Wildman–Crippen LogP) is 1.01. The van der Waals surface area contributed by atoms with Crippen LogP contribution in [0, 0.1) is 6.92 Å². The van der Waals surface area contributed by atoms with Gasteiger partial charge in [0.15, 0.2) is 9.84 Å². The van der Waals surface area contributed by atoms with E-state index in [1.54, 1.807) is 12.1 Å². The van der Waals surface area contributed by atoms with Crippen LogP contribution < -0.4 is 5.32 Å². The van der Waals surface area contributed by atoms with Gasteiger partial charge in [-0.15, -0.1) is 0 Å². The van der Waals surface area contributed by atoms with E-state index in [9.17, 15) is 18.3 Å². The third-order valence-corrected chi connectivity index (χ3v) is 5.59. The number of H-pyrrole nitrogens is 1. The second-order valence-corrected chi connectivity index (χ2v) is 7.99. The summed E-state index contributed by atoms with van der Waals surface area (Å²) in [6, 6.07) is 6.35. The molecule has 8 heteroatoms. The van der Waals surface area contributed by atoms with E-state index in [-0.39, 0.29) is 29.0 Å². The van der Waals surface area contributed by atoms with Crippen molar-refractivity contribution in [3.8, 4) is 17.0 Å². The minimum atomic E-state index is -3.04. The van der Waals surface area contributed by atoms with Crippen LogP contribution >= 0.6 is 0 Å². The lowest BCUT2D eigenvalue weighted by molar-refractivity contribution is 0.0936. The summed E-state index contributed by atoms with van der Waals surface area (Å²) < 4.78 is 22.8. The molecule has 3 N–H and O–H groups in total. The molecule has 1 aromatic heterocycles. The van der Waals surface area contributed by atoms with Crippen LogP contribution in [0.1, 0.15) is 22.5 Å². The largest absolute Gasteiger partial charge is 0.507 e. The Morgan fingerprint density at radius 2 is 2.17 bits per heavy atom. The molecule has 2 heterocycles. The minimum Gasteiger partial charge on any atom is -0.507 e. The van der Waals surface area contributed by atoms with Crippen LogP contribution in [0.2, 0.25) is 0 Å². The number of sulfone groups is 1. The molecule has 0 bridgehead atoms. The molecular formula is C15H17N3O4S. The molecule has 122 valence electrons. The van der Waals surface area contributed by atoms with Crippen molar-refractivity contribution < 1.29 is 18.3 Å². The summed E-state index contributed by atoms with van der Waals surface area (Å²) in [7, 11) is -3.04. The number of amides is 1. The summed E-state index contributed by atoms with van der Waals surface area (Å²) in [4.78, 5) is 12.2.